The Morgan fingerprint density at radius 2 is 2.00 bits per heavy atom. The summed E-state index contributed by atoms with van der Waals surface area (Å²) < 4.78 is 25.8. The van der Waals surface area contributed by atoms with E-state index < -0.39 is 10.0 Å². The standard InChI is InChI=1S/C14H26N4O2S/c1-11(2)18(4)9-5-8-17-14-10-12(6-7-13(14)15)21(19,20)16-3/h6-7,10-11,16-17H,5,8-9,15H2,1-4H3. The molecule has 0 aliphatic rings. The van der Waals surface area contributed by atoms with Crippen LogP contribution in [0.5, 0.6) is 0 Å². The van der Waals surface area contributed by atoms with Gasteiger partial charge in [0.25, 0.3) is 0 Å². The zero-order valence-electron chi connectivity index (χ0n) is 13.2. The molecule has 0 aliphatic carbocycles. The van der Waals surface area contributed by atoms with Crippen LogP contribution in [0.25, 0.3) is 0 Å². The van der Waals surface area contributed by atoms with E-state index >= 15 is 0 Å². The number of hydrogen-bond acceptors (Lipinski definition) is 5. The normalized spacial score (nSPS) is 12.1. The van der Waals surface area contributed by atoms with Gasteiger partial charge in [0.15, 0.2) is 0 Å². The van der Waals surface area contributed by atoms with Crippen molar-refractivity contribution in [2.45, 2.75) is 31.2 Å². The highest BCUT2D eigenvalue weighted by molar-refractivity contribution is 7.89. The van der Waals surface area contributed by atoms with Gasteiger partial charge in [-0.2, -0.15) is 0 Å². The zero-order chi connectivity index (χ0) is 16.0. The largest absolute Gasteiger partial charge is 0.397 e. The molecule has 1 rings (SSSR count). The molecule has 6 nitrogen and oxygen atoms in total. The quantitative estimate of drug-likeness (QED) is 0.497. The van der Waals surface area contributed by atoms with Crippen molar-refractivity contribution in [3.8, 4) is 0 Å². The molecule has 0 heterocycles. The number of nitrogen functional groups attached to an aromatic ring is 1. The van der Waals surface area contributed by atoms with Gasteiger partial charge in [-0.3, -0.25) is 0 Å². The average Bonchev–Trinajstić information content (AvgIpc) is 2.44. The minimum atomic E-state index is -3.45. The van der Waals surface area contributed by atoms with Gasteiger partial charge in [0.05, 0.1) is 16.3 Å². The maximum absolute atomic E-state index is 11.8. The van der Waals surface area contributed by atoms with Crippen LogP contribution in [0, 0.1) is 0 Å². The molecule has 0 atom stereocenters. The van der Waals surface area contributed by atoms with Crippen LogP contribution in [-0.2, 0) is 10.0 Å². The average molecular weight is 314 g/mol. The fraction of sp³-hybridized carbons (Fsp3) is 0.571. The second-order valence-electron chi connectivity index (χ2n) is 5.31. The Balaban J connectivity index is 2.65. The number of rotatable bonds is 8. The summed E-state index contributed by atoms with van der Waals surface area (Å²) in [5.41, 5.74) is 7.07. The van der Waals surface area contributed by atoms with Crippen LogP contribution in [0.2, 0.25) is 0 Å². The molecule has 0 saturated heterocycles. The molecule has 0 fully saturated rings. The highest BCUT2D eigenvalue weighted by atomic mass is 32.2. The summed E-state index contributed by atoms with van der Waals surface area (Å²) in [4.78, 5) is 2.47. The predicted molar refractivity (Wildman–Crippen MR) is 88.0 cm³/mol. The monoisotopic (exact) mass is 314 g/mol. The summed E-state index contributed by atoms with van der Waals surface area (Å²) in [6.07, 6.45) is 0.955. The van der Waals surface area contributed by atoms with E-state index in [9.17, 15) is 8.42 Å². The third-order valence-electron chi connectivity index (χ3n) is 3.49. The molecule has 0 aromatic heterocycles. The molecular formula is C14H26N4O2S. The maximum atomic E-state index is 11.8. The van der Waals surface area contributed by atoms with Crippen molar-refractivity contribution >= 4 is 21.4 Å². The minimum Gasteiger partial charge on any atom is -0.397 e. The van der Waals surface area contributed by atoms with Crippen LogP contribution in [-0.4, -0.2) is 46.5 Å². The van der Waals surface area contributed by atoms with Crippen LogP contribution < -0.4 is 15.8 Å². The van der Waals surface area contributed by atoms with E-state index in [1.54, 1.807) is 12.1 Å². The van der Waals surface area contributed by atoms with Gasteiger partial charge in [0.2, 0.25) is 10.0 Å². The number of nitrogens with two attached hydrogens (primary N) is 1. The molecule has 1 aromatic carbocycles. The van der Waals surface area contributed by atoms with E-state index in [1.807, 2.05) is 0 Å². The van der Waals surface area contributed by atoms with E-state index in [-0.39, 0.29) is 4.90 Å². The Labute approximate surface area is 127 Å². The summed E-state index contributed by atoms with van der Waals surface area (Å²) in [6, 6.07) is 5.18. The van der Waals surface area contributed by atoms with E-state index in [0.29, 0.717) is 17.4 Å². The van der Waals surface area contributed by atoms with Gasteiger partial charge in [-0.1, -0.05) is 0 Å². The lowest BCUT2D eigenvalue weighted by molar-refractivity contribution is 0.273. The molecule has 0 amide bonds. The summed E-state index contributed by atoms with van der Waals surface area (Å²) in [5.74, 6) is 0. The van der Waals surface area contributed by atoms with Crippen molar-refractivity contribution in [1.82, 2.24) is 9.62 Å². The van der Waals surface area contributed by atoms with Gasteiger partial charge < -0.3 is 16.0 Å². The number of benzene rings is 1. The van der Waals surface area contributed by atoms with Crippen LogP contribution in [0.15, 0.2) is 23.1 Å². The van der Waals surface area contributed by atoms with Crippen molar-refractivity contribution < 1.29 is 8.42 Å². The second kappa shape index (κ2) is 7.63. The molecule has 0 saturated carbocycles. The molecule has 0 radical (unpaired) electrons. The number of nitrogens with zero attached hydrogens (tertiary/aromatic N) is 1. The zero-order valence-corrected chi connectivity index (χ0v) is 14.0. The van der Waals surface area contributed by atoms with Crippen molar-refractivity contribution in [3.63, 3.8) is 0 Å². The molecule has 7 heteroatoms. The minimum absolute atomic E-state index is 0.209. The Morgan fingerprint density at radius 1 is 1.33 bits per heavy atom. The van der Waals surface area contributed by atoms with Crippen molar-refractivity contribution in [1.29, 1.82) is 0 Å². The summed E-state index contributed by atoms with van der Waals surface area (Å²) in [7, 11) is 0.0254. The summed E-state index contributed by atoms with van der Waals surface area (Å²) in [6.45, 7) is 6.01. The van der Waals surface area contributed by atoms with Crippen molar-refractivity contribution in [2.24, 2.45) is 0 Å². The van der Waals surface area contributed by atoms with E-state index in [1.165, 1.54) is 13.1 Å². The Hall–Kier alpha value is -1.31. The van der Waals surface area contributed by atoms with E-state index in [0.717, 1.165) is 19.5 Å². The number of hydrogen-bond donors (Lipinski definition) is 3. The fourth-order valence-electron chi connectivity index (χ4n) is 1.78. The van der Waals surface area contributed by atoms with Gasteiger partial charge in [0, 0.05) is 12.6 Å². The fourth-order valence-corrected chi connectivity index (χ4v) is 2.54. The summed E-state index contributed by atoms with van der Waals surface area (Å²) >= 11 is 0. The summed E-state index contributed by atoms with van der Waals surface area (Å²) in [5, 5.41) is 3.20. The predicted octanol–water partition coefficient (Wildman–Crippen LogP) is 1.32. The van der Waals surface area contributed by atoms with Crippen LogP contribution >= 0.6 is 0 Å². The molecule has 0 aliphatic heterocycles. The molecule has 0 bridgehead atoms. The molecule has 4 N–H and O–H groups in total. The number of sulfonamides is 1. The van der Waals surface area contributed by atoms with Crippen molar-refractivity contribution in [2.75, 3.05) is 38.2 Å². The van der Waals surface area contributed by atoms with Gasteiger partial charge >= 0.3 is 0 Å². The molecule has 120 valence electrons. The highest BCUT2D eigenvalue weighted by Crippen LogP contribution is 2.22. The maximum Gasteiger partial charge on any atom is 0.240 e. The first kappa shape index (κ1) is 17.7. The van der Waals surface area contributed by atoms with Gasteiger partial charge in [0.1, 0.15) is 0 Å². The second-order valence-corrected chi connectivity index (χ2v) is 7.20. The van der Waals surface area contributed by atoms with E-state index in [2.05, 4.69) is 35.8 Å². The Kier molecular flexibility index (Phi) is 6.44. The van der Waals surface area contributed by atoms with E-state index in [4.69, 9.17) is 5.73 Å². The van der Waals surface area contributed by atoms with Crippen LogP contribution in [0.1, 0.15) is 20.3 Å². The first-order chi connectivity index (χ1) is 9.77. The molecular weight excluding hydrogens is 288 g/mol. The van der Waals surface area contributed by atoms with Gasteiger partial charge in [-0.15, -0.1) is 0 Å². The van der Waals surface area contributed by atoms with Crippen LogP contribution in [0.3, 0.4) is 0 Å². The molecule has 0 unspecified atom stereocenters. The SMILES string of the molecule is CNS(=O)(=O)c1ccc(N)c(NCCCN(C)C(C)C)c1. The first-order valence-corrected chi connectivity index (χ1v) is 8.53. The lowest BCUT2D eigenvalue weighted by Crippen LogP contribution is -2.28. The molecule has 0 spiro atoms. The smallest absolute Gasteiger partial charge is 0.240 e. The van der Waals surface area contributed by atoms with Crippen molar-refractivity contribution in [3.05, 3.63) is 18.2 Å². The topological polar surface area (TPSA) is 87.5 Å². The number of nitrogens with one attached hydrogen (secondary N) is 2. The Bertz CT molecular complexity index is 558. The van der Waals surface area contributed by atoms with Gasteiger partial charge in [-0.25, -0.2) is 13.1 Å². The molecule has 1 aromatic rings. The lowest BCUT2D eigenvalue weighted by Gasteiger charge is -2.21. The lowest BCUT2D eigenvalue weighted by atomic mass is 10.2. The first-order valence-electron chi connectivity index (χ1n) is 7.05. The Morgan fingerprint density at radius 3 is 2.57 bits per heavy atom. The molecule has 21 heavy (non-hydrogen) atoms. The van der Waals surface area contributed by atoms with Crippen LogP contribution in [0.4, 0.5) is 11.4 Å². The highest BCUT2D eigenvalue weighted by Gasteiger charge is 2.13. The third-order valence-corrected chi connectivity index (χ3v) is 4.90. The third kappa shape index (κ3) is 5.18. The van der Waals surface area contributed by atoms with Gasteiger partial charge in [-0.05, 0) is 59.1 Å². The number of anilines is 2.